The maximum absolute atomic E-state index is 12.0. The smallest absolute Gasteiger partial charge is 0.322 e. The summed E-state index contributed by atoms with van der Waals surface area (Å²) in [5, 5.41) is 11.3. The van der Waals surface area contributed by atoms with Crippen molar-refractivity contribution < 1.29 is 9.21 Å². The zero-order valence-corrected chi connectivity index (χ0v) is 17.7. The zero-order chi connectivity index (χ0) is 19.8. The minimum absolute atomic E-state index is 0.134. The first-order valence-electron chi connectivity index (χ1n) is 8.84. The highest BCUT2D eigenvalue weighted by Crippen LogP contribution is 2.21. The van der Waals surface area contributed by atoms with Crippen molar-refractivity contribution >= 4 is 47.0 Å². The molecule has 0 aliphatic heterocycles. The second-order valence-corrected chi connectivity index (χ2v) is 8.80. The number of halogens is 1. The van der Waals surface area contributed by atoms with Gasteiger partial charge in [-0.2, -0.15) is 0 Å². The Morgan fingerprint density at radius 2 is 1.71 bits per heavy atom. The Morgan fingerprint density at radius 3 is 2.43 bits per heavy atom. The average molecular weight is 434 g/mol. The van der Waals surface area contributed by atoms with Crippen molar-refractivity contribution in [2.24, 2.45) is 0 Å². The number of hydrogen-bond acceptors (Lipinski definition) is 6. The fourth-order valence-corrected chi connectivity index (χ4v) is 4.03. The summed E-state index contributed by atoms with van der Waals surface area (Å²) >= 11 is 9.25. The Morgan fingerprint density at radius 1 is 1.04 bits per heavy atom. The van der Waals surface area contributed by atoms with E-state index < -0.39 is 0 Å². The van der Waals surface area contributed by atoms with E-state index in [0.29, 0.717) is 29.5 Å². The van der Waals surface area contributed by atoms with Gasteiger partial charge in [-0.15, -0.1) is 28.6 Å². The molecule has 1 amide bonds. The van der Waals surface area contributed by atoms with Crippen LogP contribution >= 0.6 is 35.1 Å². The minimum atomic E-state index is -0.155. The molecule has 1 aromatic heterocycles. The third kappa shape index (κ3) is 6.58. The molecule has 0 bridgehead atoms. The summed E-state index contributed by atoms with van der Waals surface area (Å²) in [4.78, 5) is 14.4. The summed E-state index contributed by atoms with van der Waals surface area (Å²) in [7, 11) is 0. The lowest BCUT2D eigenvalue weighted by atomic mass is 10.1. The van der Waals surface area contributed by atoms with E-state index in [4.69, 9.17) is 16.0 Å². The molecule has 0 aliphatic carbocycles. The summed E-state index contributed by atoms with van der Waals surface area (Å²) in [5.41, 5.74) is 1.08. The number of amides is 1. The summed E-state index contributed by atoms with van der Waals surface area (Å²) in [6.45, 7) is 2.13. The third-order valence-electron chi connectivity index (χ3n) is 3.71. The van der Waals surface area contributed by atoms with Gasteiger partial charge in [-0.25, -0.2) is 0 Å². The van der Waals surface area contributed by atoms with Crippen LogP contribution in [0.2, 0.25) is 5.02 Å². The number of nitrogens with one attached hydrogen (secondary N) is 1. The summed E-state index contributed by atoms with van der Waals surface area (Å²) < 4.78 is 5.53. The van der Waals surface area contributed by atoms with Crippen molar-refractivity contribution in [1.82, 2.24) is 10.2 Å². The molecular weight excluding hydrogens is 414 g/mol. The number of hydrogen-bond donors (Lipinski definition) is 1. The molecule has 0 radical (unpaired) electrons. The van der Waals surface area contributed by atoms with Gasteiger partial charge in [0.1, 0.15) is 0 Å². The first-order valence-corrected chi connectivity index (χ1v) is 11.2. The molecule has 1 heterocycles. The molecule has 0 atom stereocenters. The van der Waals surface area contributed by atoms with Crippen LogP contribution in [0.25, 0.3) is 0 Å². The van der Waals surface area contributed by atoms with Gasteiger partial charge in [-0.1, -0.05) is 35.8 Å². The lowest BCUT2D eigenvalue weighted by Crippen LogP contribution is -2.12. The molecular formula is C20H20ClN3O2S2. The molecule has 0 spiro atoms. The number of nitrogens with zero attached hydrogens (tertiary/aromatic N) is 2. The van der Waals surface area contributed by atoms with E-state index in [9.17, 15) is 4.79 Å². The highest BCUT2D eigenvalue weighted by Gasteiger charge is 2.10. The van der Waals surface area contributed by atoms with E-state index >= 15 is 0 Å². The number of carbonyl (C=O) groups excluding carboxylic acids is 1. The van der Waals surface area contributed by atoms with Gasteiger partial charge in [0.25, 0.3) is 0 Å². The van der Waals surface area contributed by atoms with Gasteiger partial charge in [-0.05, 0) is 47.7 Å². The number of benzene rings is 2. The molecule has 0 saturated heterocycles. The molecule has 3 rings (SSSR count). The third-order valence-corrected chi connectivity index (χ3v) is 5.87. The Labute approximate surface area is 177 Å². The van der Waals surface area contributed by atoms with E-state index in [2.05, 4.69) is 46.7 Å². The summed E-state index contributed by atoms with van der Waals surface area (Å²) in [6, 6.07) is 15.9. The van der Waals surface area contributed by atoms with E-state index in [1.54, 1.807) is 23.5 Å². The molecule has 0 aliphatic rings. The Bertz CT molecular complexity index is 899. The lowest BCUT2D eigenvalue weighted by molar-refractivity contribution is -0.115. The predicted molar refractivity (Wildman–Crippen MR) is 115 cm³/mol. The molecule has 5 nitrogen and oxygen atoms in total. The number of aromatic nitrogens is 2. The van der Waals surface area contributed by atoms with Crippen LogP contribution in [0.4, 0.5) is 6.01 Å². The van der Waals surface area contributed by atoms with Crippen LogP contribution in [0.5, 0.6) is 0 Å². The normalized spacial score (nSPS) is 10.8. The van der Waals surface area contributed by atoms with Gasteiger partial charge < -0.3 is 4.42 Å². The van der Waals surface area contributed by atoms with Crippen LogP contribution in [0, 0.1) is 0 Å². The largest absolute Gasteiger partial charge is 0.407 e. The highest BCUT2D eigenvalue weighted by atomic mass is 35.5. The molecule has 8 heteroatoms. The quantitative estimate of drug-likeness (QED) is 0.446. The van der Waals surface area contributed by atoms with Gasteiger partial charge in [0.2, 0.25) is 11.8 Å². The van der Waals surface area contributed by atoms with Crippen molar-refractivity contribution in [3.63, 3.8) is 0 Å². The van der Waals surface area contributed by atoms with Gasteiger partial charge in [0.05, 0.1) is 6.42 Å². The van der Waals surface area contributed by atoms with Crippen LogP contribution in [-0.2, 0) is 11.2 Å². The van der Waals surface area contributed by atoms with Crippen LogP contribution < -0.4 is 5.32 Å². The SMILES string of the molecule is CCSc1ccc(Cc2nnc(NC(=O)CCSc3ccc(Cl)cc3)o2)cc1. The monoisotopic (exact) mass is 433 g/mol. The van der Waals surface area contributed by atoms with Crippen molar-refractivity contribution in [2.45, 2.75) is 29.6 Å². The molecule has 3 aromatic rings. The molecule has 1 N–H and O–H groups in total. The van der Waals surface area contributed by atoms with Gasteiger partial charge in [0, 0.05) is 27.0 Å². The minimum Gasteiger partial charge on any atom is -0.407 e. The predicted octanol–water partition coefficient (Wildman–Crippen LogP) is 5.55. The van der Waals surface area contributed by atoms with Gasteiger partial charge in [0.15, 0.2) is 0 Å². The lowest BCUT2D eigenvalue weighted by Gasteiger charge is -2.02. The fraction of sp³-hybridized carbons (Fsp3) is 0.250. The van der Waals surface area contributed by atoms with E-state index in [1.807, 2.05) is 24.3 Å². The van der Waals surface area contributed by atoms with E-state index in [0.717, 1.165) is 16.2 Å². The number of thioether (sulfide) groups is 2. The first-order chi connectivity index (χ1) is 13.6. The van der Waals surface area contributed by atoms with Crippen molar-refractivity contribution in [2.75, 3.05) is 16.8 Å². The molecule has 0 saturated carbocycles. The van der Waals surface area contributed by atoms with Crippen LogP contribution in [0.1, 0.15) is 24.8 Å². The fourth-order valence-electron chi connectivity index (χ4n) is 2.39. The Kier molecular flexibility index (Phi) is 7.82. The van der Waals surface area contributed by atoms with E-state index in [-0.39, 0.29) is 11.9 Å². The van der Waals surface area contributed by atoms with E-state index in [1.165, 1.54) is 4.90 Å². The second kappa shape index (κ2) is 10.5. The number of carbonyl (C=O) groups is 1. The Hall–Kier alpha value is -1.96. The molecule has 2 aromatic carbocycles. The maximum Gasteiger partial charge on any atom is 0.322 e. The van der Waals surface area contributed by atoms with Crippen molar-refractivity contribution in [1.29, 1.82) is 0 Å². The topological polar surface area (TPSA) is 68.0 Å². The van der Waals surface area contributed by atoms with Gasteiger partial charge >= 0.3 is 6.01 Å². The number of anilines is 1. The summed E-state index contributed by atoms with van der Waals surface area (Å²) in [5.74, 6) is 2.01. The molecule has 0 fully saturated rings. The average Bonchev–Trinajstić information content (AvgIpc) is 3.12. The Balaban J connectivity index is 1.44. The summed E-state index contributed by atoms with van der Waals surface area (Å²) in [6.07, 6.45) is 0.883. The maximum atomic E-state index is 12.0. The van der Waals surface area contributed by atoms with Crippen LogP contribution in [-0.4, -0.2) is 27.6 Å². The number of rotatable bonds is 9. The highest BCUT2D eigenvalue weighted by molar-refractivity contribution is 7.99. The second-order valence-electron chi connectivity index (χ2n) is 5.86. The van der Waals surface area contributed by atoms with Gasteiger partial charge in [-0.3, -0.25) is 10.1 Å². The van der Waals surface area contributed by atoms with Crippen LogP contribution in [0.15, 0.2) is 62.7 Å². The zero-order valence-electron chi connectivity index (χ0n) is 15.4. The van der Waals surface area contributed by atoms with Crippen molar-refractivity contribution in [3.05, 3.63) is 65.0 Å². The standard InChI is InChI=1S/C20H20ClN3O2S2/c1-2-27-16-7-3-14(4-8-16)13-19-23-24-20(26-19)22-18(25)11-12-28-17-9-5-15(21)6-10-17/h3-10H,2,11-13H2,1H3,(H,22,24,25). The first kappa shape index (κ1) is 20.8. The van der Waals surface area contributed by atoms with Crippen molar-refractivity contribution in [3.8, 4) is 0 Å². The molecule has 28 heavy (non-hydrogen) atoms. The molecule has 146 valence electrons. The molecule has 0 unspecified atom stereocenters. The van der Waals surface area contributed by atoms with Crippen LogP contribution in [0.3, 0.4) is 0 Å².